The van der Waals surface area contributed by atoms with Crippen molar-refractivity contribution in [3.8, 4) is 11.3 Å². The number of ether oxygens (including phenoxy) is 3. The summed E-state index contributed by atoms with van der Waals surface area (Å²) >= 11 is 4.43. The number of esters is 2. The monoisotopic (exact) mass is 616 g/mol. The van der Waals surface area contributed by atoms with Crippen LogP contribution in [0.1, 0.15) is 19.9 Å². The van der Waals surface area contributed by atoms with Crippen molar-refractivity contribution >= 4 is 39.6 Å². The van der Waals surface area contributed by atoms with Gasteiger partial charge in [-0.2, -0.15) is 0 Å². The minimum atomic E-state index is -1.63. The Labute approximate surface area is 226 Å². The maximum absolute atomic E-state index is 13.8. The van der Waals surface area contributed by atoms with E-state index < -0.39 is 59.2 Å². The van der Waals surface area contributed by atoms with E-state index in [0.29, 0.717) is 9.37 Å². The highest BCUT2D eigenvalue weighted by Gasteiger charge is 2.49. The highest BCUT2D eigenvalue weighted by atomic mass is 79.9. The van der Waals surface area contributed by atoms with E-state index in [0.717, 1.165) is 35.5 Å². The van der Waals surface area contributed by atoms with Crippen LogP contribution in [0.2, 0.25) is 0 Å². The van der Waals surface area contributed by atoms with Gasteiger partial charge in [-0.25, -0.2) is 17.9 Å². The molecule has 0 spiro atoms. The predicted molar refractivity (Wildman–Crippen MR) is 129 cm³/mol. The first-order valence-corrected chi connectivity index (χ1v) is 12.7. The number of hydrogen-bond acceptors (Lipinski definition) is 10. The van der Waals surface area contributed by atoms with E-state index in [2.05, 4.69) is 31.2 Å². The van der Waals surface area contributed by atoms with Crippen LogP contribution in [-0.2, 0) is 23.8 Å². The normalized spacial score (nSPS) is 23.2. The molecule has 1 aliphatic heterocycles. The molecule has 15 heteroatoms. The van der Waals surface area contributed by atoms with Gasteiger partial charge in [-0.15, -0.1) is 5.10 Å². The fourth-order valence-corrected chi connectivity index (χ4v) is 5.43. The molecule has 1 saturated heterocycles. The predicted octanol–water partition coefficient (Wildman–Crippen LogP) is 3.43. The quantitative estimate of drug-likeness (QED) is 0.312. The Morgan fingerprint density at radius 1 is 1.16 bits per heavy atom. The van der Waals surface area contributed by atoms with Crippen LogP contribution in [0.15, 0.2) is 46.2 Å². The van der Waals surface area contributed by atoms with Gasteiger partial charge in [-0.05, 0) is 34.1 Å². The molecule has 5 atom stereocenters. The highest BCUT2D eigenvalue weighted by Crippen LogP contribution is 2.40. The van der Waals surface area contributed by atoms with Crippen molar-refractivity contribution in [2.24, 2.45) is 0 Å². The van der Waals surface area contributed by atoms with Gasteiger partial charge in [0.1, 0.15) is 36.0 Å². The second kappa shape index (κ2) is 11.8. The SMILES string of the molecule is CC(=O)OC[C@H]1O[C@H](Sc2cncc(Br)c2)[C@H](O)[C@@H](n2cc(-c3cc(F)c(F)c(F)c3)nn2)[C@H]1OC(C)=O. The summed E-state index contributed by atoms with van der Waals surface area (Å²) in [5.74, 6) is -5.79. The standard InChI is InChI=1S/C23H20BrF3N4O6S/c1-10(32)35-9-18-22(36-11(2)33)20(21(34)23(37-18)38-14-5-13(24)6-28-7-14)31-8-17(29-30-31)12-3-15(25)19(27)16(26)4-12/h3-8,18,20-23,34H,9H2,1-2H3/t18-,20-,21-,22+,23-/m1/s1. The Bertz CT molecular complexity index is 1320. The lowest BCUT2D eigenvalue weighted by Crippen LogP contribution is -2.56. The largest absolute Gasteiger partial charge is 0.463 e. The van der Waals surface area contributed by atoms with Crippen LogP contribution < -0.4 is 0 Å². The molecule has 10 nitrogen and oxygen atoms in total. The topological polar surface area (TPSA) is 126 Å². The number of carbonyl (C=O) groups excluding carboxylic acids is 2. The van der Waals surface area contributed by atoms with Crippen LogP contribution in [0.5, 0.6) is 0 Å². The molecule has 1 fully saturated rings. The fourth-order valence-electron chi connectivity index (χ4n) is 3.83. The first-order chi connectivity index (χ1) is 18.0. The van der Waals surface area contributed by atoms with Gasteiger partial charge in [0.25, 0.3) is 0 Å². The van der Waals surface area contributed by atoms with Gasteiger partial charge in [0.05, 0.1) is 6.20 Å². The fraction of sp³-hybridized carbons (Fsp3) is 0.348. The van der Waals surface area contributed by atoms with Gasteiger partial charge >= 0.3 is 11.9 Å². The average Bonchev–Trinajstić information content (AvgIpc) is 3.32. The van der Waals surface area contributed by atoms with Crippen LogP contribution in [0.4, 0.5) is 13.2 Å². The van der Waals surface area contributed by atoms with E-state index >= 15 is 0 Å². The van der Waals surface area contributed by atoms with Gasteiger partial charge < -0.3 is 19.3 Å². The lowest BCUT2D eigenvalue weighted by atomic mass is 9.97. The van der Waals surface area contributed by atoms with Gasteiger partial charge in [-0.3, -0.25) is 14.6 Å². The number of pyridine rings is 1. The molecule has 0 aliphatic carbocycles. The molecule has 38 heavy (non-hydrogen) atoms. The van der Waals surface area contributed by atoms with E-state index in [4.69, 9.17) is 14.2 Å². The van der Waals surface area contributed by atoms with Crippen molar-refractivity contribution in [1.82, 2.24) is 20.0 Å². The second-order valence-corrected chi connectivity index (χ2v) is 10.3. The Hall–Kier alpha value is -3.01. The zero-order valence-corrected chi connectivity index (χ0v) is 22.2. The number of aliphatic hydroxyl groups is 1. The number of aliphatic hydroxyl groups excluding tert-OH is 1. The van der Waals surface area contributed by atoms with Crippen LogP contribution >= 0.6 is 27.7 Å². The number of nitrogens with zero attached hydrogens (tertiary/aromatic N) is 4. The summed E-state index contributed by atoms with van der Waals surface area (Å²) in [6.45, 7) is 2.03. The zero-order valence-electron chi connectivity index (χ0n) is 19.8. The van der Waals surface area contributed by atoms with E-state index in [1.807, 2.05) is 0 Å². The van der Waals surface area contributed by atoms with E-state index in [9.17, 15) is 27.9 Å². The van der Waals surface area contributed by atoms with E-state index in [1.165, 1.54) is 13.1 Å². The number of benzene rings is 1. The molecular formula is C23H20BrF3N4O6S. The zero-order chi connectivity index (χ0) is 27.6. The Kier molecular flexibility index (Phi) is 8.70. The number of aromatic nitrogens is 4. The molecule has 202 valence electrons. The molecule has 1 aromatic carbocycles. The smallest absolute Gasteiger partial charge is 0.303 e. The van der Waals surface area contributed by atoms with Crippen LogP contribution in [0.25, 0.3) is 11.3 Å². The third-order valence-corrected chi connectivity index (χ3v) is 6.97. The van der Waals surface area contributed by atoms with E-state index in [1.54, 1.807) is 18.5 Å². The summed E-state index contributed by atoms with van der Waals surface area (Å²) in [5, 5.41) is 19.2. The molecule has 0 unspecified atom stereocenters. The lowest BCUT2D eigenvalue weighted by molar-refractivity contribution is -0.203. The summed E-state index contributed by atoms with van der Waals surface area (Å²) in [4.78, 5) is 28.2. The first kappa shape index (κ1) is 28.0. The minimum absolute atomic E-state index is 0.0417. The van der Waals surface area contributed by atoms with Crippen molar-refractivity contribution in [3.05, 3.63) is 58.7 Å². The van der Waals surface area contributed by atoms with Crippen molar-refractivity contribution in [1.29, 1.82) is 0 Å². The molecule has 2 aromatic heterocycles. The van der Waals surface area contributed by atoms with Gasteiger partial charge in [0.2, 0.25) is 0 Å². The maximum Gasteiger partial charge on any atom is 0.303 e. The summed E-state index contributed by atoms with van der Waals surface area (Å²) in [6, 6.07) is 2.10. The molecule has 1 aliphatic rings. The molecule has 0 amide bonds. The summed E-state index contributed by atoms with van der Waals surface area (Å²) in [7, 11) is 0. The van der Waals surface area contributed by atoms with Crippen LogP contribution in [-0.4, -0.2) is 67.4 Å². The number of carbonyl (C=O) groups is 2. The molecule has 3 aromatic rings. The maximum atomic E-state index is 13.8. The summed E-state index contributed by atoms with van der Waals surface area (Å²) in [5.41, 5.74) is -1.14. The van der Waals surface area contributed by atoms with Crippen molar-refractivity contribution in [3.63, 3.8) is 0 Å². The van der Waals surface area contributed by atoms with E-state index in [-0.39, 0.29) is 17.9 Å². The van der Waals surface area contributed by atoms with Crippen LogP contribution in [0.3, 0.4) is 0 Å². The Morgan fingerprint density at radius 2 is 1.87 bits per heavy atom. The molecule has 4 rings (SSSR count). The lowest BCUT2D eigenvalue weighted by Gasteiger charge is -2.43. The number of halogens is 4. The second-order valence-electron chi connectivity index (χ2n) is 8.20. The number of rotatable bonds is 7. The third-order valence-electron chi connectivity index (χ3n) is 5.42. The van der Waals surface area contributed by atoms with Gasteiger partial charge in [0, 0.05) is 41.2 Å². The Balaban J connectivity index is 1.73. The molecule has 0 bridgehead atoms. The molecule has 3 heterocycles. The molecule has 0 radical (unpaired) electrons. The molecule has 1 N–H and O–H groups in total. The Morgan fingerprint density at radius 3 is 2.50 bits per heavy atom. The highest BCUT2D eigenvalue weighted by molar-refractivity contribution is 9.10. The van der Waals surface area contributed by atoms with Crippen molar-refractivity contribution < 1.29 is 42.1 Å². The van der Waals surface area contributed by atoms with Gasteiger partial charge in [0.15, 0.2) is 23.6 Å². The number of hydrogen-bond donors (Lipinski definition) is 1. The van der Waals surface area contributed by atoms with Crippen molar-refractivity contribution in [2.45, 2.75) is 48.5 Å². The van der Waals surface area contributed by atoms with Crippen LogP contribution in [0, 0.1) is 17.5 Å². The summed E-state index contributed by atoms with van der Waals surface area (Å²) < 4.78 is 59.5. The molecule has 0 saturated carbocycles. The van der Waals surface area contributed by atoms with Crippen molar-refractivity contribution in [2.75, 3.05) is 6.61 Å². The average molecular weight is 617 g/mol. The first-order valence-electron chi connectivity index (χ1n) is 11.0. The molecular weight excluding hydrogens is 597 g/mol. The minimum Gasteiger partial charge on any atom is -0.463 e. The van der Waals surface area contributed by atoms with Gasteiger partial charge in [-0.1, -0.05) is 17.0 Å². The number of thioether (sulfide) groups is 1. The summed E-state index contributed by atoms with van der Waals surface area (Å²) in [6.07, 6.45) is 0.743. The third kappa shape index (κ3) is 6.34.